The Morgan fingerprint density at radius 1 is 1.23 bits per heavy atom. The van der Waals surface area contributed by atoms with Crippen LogP contribution in [-0.4, -0.2) is 45.6 Å². The second-order valence-corrected chi connectivity index (χ2v) is 7.89. The molecule has 2 atom stereocenters. The third-order valence-electron chi connectivity index (χ3n) is 4.59. The van der Waals surface area contributed by atoms with Gasteiger partial charge in [-0.25, -0.2) is 4.79 Å². The lowest BCUT2D eigenvalue weighted by molar-refractivity contribution is -0.137. The van der Waals surface area contributed by atoms with Gasteiger partial charge in [-0.3, -0.25) is 14.6 Å². The summed E-state index contributed by atoms with van der Waals surface area (Å²) in [6, 6.07) is 11.5. The van der Waals surface area contributed by atoms with E-state index in [0.29, 0.717) is 0 Å². The molecule has 2 aromatic rings. The SMILES string of the molecule is COC(=O)C1=C(CS(=O)c2ccc(N([O-])[O-])cc2N(O)O)ON(C)C1c1ccccc1. The molecule has 0 saturated carbocycles. The summed E-state index contributed by atoms with van der Waals surface area (Å²) in [5.41, 5.74) is 0.0509. The van der Waals surface area contributed by atoms with Crippen LogP contribution in [0.15, 0.2) is 64.8 Å². The quantitative estimate of drug-likeness (QED) is 0.473. The highest BCUT2D eigenvalue weighted by Gasteiger charge is 2.39. The Morgan fingerprint density at radius 3 is 2.48 bits per heavy atom. The Hall–Kier alpha value is -3.00. The van der Waals surface area contributed by atoms with Crippen molar-refractivity contribution in [3.63, 3.8) is 0 Å². The summed E-state index contributed by atoms with van der Waals surface area (Å²) >= 11 is 0. The van der Waals surface area contributed by atoms with E-state index >= 15 is 0 Å². The van der Waals surface area contributed by atoms with Crippen LogP contribution in [0.3, 0.4) is 0 Å². The van der Waals surface area contributed by atoms with E-state index in [0.717, 1.165) is 23.8 Å². The van der Waals surface area contributed by atoms with E-state index in [-0.39, 0.29) is 27.2 Å². The first kappa shape index (κ1) is 22.7. The van der Waals surface area contributed by atoms with Crippen molar-refractivity contribution in [1.82, 2.24) is 5.06 Å². The van der Waals surface area contributed by atoms with Gasteiger partial charge in [-0.1, -0.05) is 30.3 Å². The van der Waals surface area contributed by atoms with Crippen LogP contribution in [-0.2, 0) is 25.2 Å². The van der Waals surface area contributed by atoms with Crippen LogP contribution in [0.2, 0.25) is 0 Å². The maximum atomic E-state index is 13.0. The van der Waals surface area contributed by atoms with Crippen molar-refractivity contribution in [1.29, 1.82) is 0 Å². The fourth-order valence-corrected chi connectivity index (χ4v) is 4.42. The summed E-state index contributed by atoms with van der Waals surface area (Å²) in [6.45, 7) is 0. The summed E-state index contributed by atoms with van der Waals surface area (Å²) in [6.07, 6.45) is 0. The molecule has 0 spiro atoms. The number of methoxy groups -OCH3 is 1. The van der Waals surface area contributed by atoms with Gasteiger partial charge < -0.3 is 25.2 Å². The fourth-order valence-electron chi connectivity index (χ4n) is 3.23. The lowest BCUT2D eigenvalue weighted by atomic mass is 9.98. The van der Waals surface area contributed by atoms with Crippen LogP contribution >= 0.6 is 0 Å². The number of carbonyl (C=O) groups excluding carboxylic acids is 1. The summed E-state index contributed by atoms with van der Waals surface area (Å²) in [4.78, 5) is 18.1. The average molecular weight is 449 g/mol. The summed E-state index contributed by atoms with van der Waals surface area (Å²) in [5, 5.41) is 41.1. The van der Waals surface area contributed by atoms with Crippen molar-refractivity contribution in [2.45, 2.75) is 10.9 Å². The monoisotopic (exact) mass is 449 g/mol. The third kappa shape index (κ3) is 4.69. The molecule has 2 unspecified atom stereocenters. The fraction of sp³-hybridized carbons (Fsp3) is 0.211. The first-order valence-electron chi connectivity index (χ1n) is 8.86. The van der Waals surface area contributed by atoms with E-state index in [1.165, 1.54) is 12.2 Å². The van der Waals surface area contributed by atoms with E-state index in [1.54, 1.807) is 31.3 Å². The van der Waals surface area contributed by atoms with Gasteiger partial charge >= 0.3 is 5.97 Å². The van der Waals surface area contributed by atoms with E-state index in [4.69, 9.17) is 9.57 Å². The molecule has 0 aliphatic carbocycles. The molecular formula is C19H19N3O8S-2. The minimum atomic E-state index is -1.95. The normalized spacial score (nSPS) is 17.3. The molecule has 0 radical (unpaired) electrons. The van der Waals surface area contributed by atoms with Crippen LogP contribution in [0.1, 0.15) is 11.6 Å². The van der Waals surface area contributed by atoms with Crippen LogP contribution in [0.25, 0.3) is 0 Å². The van der Waals surface area contributed by atoms with Crippen molar-refractivity contribution >= 4 is 28.1 Å². The Balaban J connectivity index is 2.00. The second-order valence-electron chi connectivity index (χ2n) is 6.47. The average Bonchev–Trinajstić information content (AvgIpc) is 3.08. The Labute approximate surface area is 179 Å². The topological polar surface area (TPSA) is 149 Å². The highest BCUT2D eigenvalue weighted by molar-refractivity contribution is 7.85. The van der Waals surface area contributed by atoms with Gasteiger partial charge in [-0.05, 0) is 23.8 Å². The minimum absolute atomic E-state index is 0.0771. The van der Waals surface area contributed by atoms with Crippen molar-refractivity contribution in [2.24, 2.45) is 0 Å². The third-order valence-corrected chi connectivity index (χ3v) is 5.95. The van der Waals surface area contributed by atoms with Gasteiger partial charge in [-0.2, -0.15) is 0 Å². The Kier molecular flexibility index (Phi) is 6.90. The van der Waals surface area contributed by atoms with Gasteiger partial charge in [0.1, 0.15) is 23.1 Å². The first-order valence-corrected chi connectivity index (χ1v) is 10.2. The summed E-state index contributed by atoms with van der Waals surface area (Å²) in [5.74, 6) is -0.898. The summed E-state index contributed by atoms with van der Waals surface area (Å²) in [7, 11) is 0.871. The molecule has 1 aliphatic heterocycles. The number of esters is 1. The molecule has 31 heavy (non-hydrogen) atoms. The van der Waals surface area contributed by atoms with Gasteiger partial charge in [-0.15, -0.1) is 10.3 Å². The van der Waals surface area contributed by atoms with Gasteiger partial charge in [0, 0.05) is 12.7 Å². The van der Waals surface area contributed by atoms with E-state index < -0.39 is 39.4 Å². The van der Waals surface area contributed by atoms with E-state index in [9.17, 15) is 29.8 Å². The van der Waals surface area contributed by atoms with Crippen molar-refractivity contribution in [3.8, 4) is 0 Å². The van der Waals surface area contributed by atoms with E-state index in [2.05, 4.69) is 0 Å². The highest BCUT2D eigenvalue weighted by atomic mass is 32.2. The molecule has 12 heteroatoms. The predicted octanol–water partition coefficient (Wildman–Crippen LogP) is 2.23. The standard InChI is InChI=1S/C19H19N3O8S/c1-20-18(12-6-4-3-5-7-12)17(19(23)29-2)15(30-20)11-31(28)16-9-8-13(21(24)25)10-14(16)22(26)27/h3-10,18,26-27H,11H2,1-2H3/q-2. The van der Waals surface area contributed by atoms with Gasteiger partial charge in [0.05, 0.1) is 28.6 Å². The number of carbonyl (C=O) groups is 1. The number of nitrogens with zero attached hydrogens (tertiary/aromatic N) is 3. The van der Waals surface area contributed by atoms with Gasteiger partial charge in [0.15, 0.2) is 0 Å². The number of benzene rings is 2. The zero-order chi connectivity index (χ0) is 22.7. The lowest BCUT2D eigenvalue weighted by Crippen LogP contribution is -2.22. The molecule has 0 amide bonds. The molecule has 2 N–H and O–H groups in total. The second kappa shape index (κ2) is 9.43. The van der Waals surface area contributed by atoms with Crippen LogP contribution in [0.4, 0.5) is 11.4 Å². The zero-order valence-electron chi connectivity index (χ0n) is 16.5. The highest BCUT2D eigenvalue weighted by Crippen LogP contribution is 2.39. The molecule has 11 nitrogen and oxygen atoms in total. The predicted molar refractivity (Wildman–Crippen MR) is 110 cm³/mol. The number of likely N-dealkylation sites (N-methyl/N-ethyl adjacent to an activating group) is 1. The number of ether oxygens (including phenoxy) is 1. The molecular weight excluding hydrogens is 430 g/mol. The van der Waals surface area contributed by atoms with Crippen LogP contribution in [0.5, 0.6) is 0 Å². The Bertz CT molecular complexity index is 1010. The van der Waals surface area contributed by atoms with Gasteiger partial charge in [0.25, 0.3) is 0 Å². The van der Waals surface area contributed by atoms with Crippen molar-refractivity contribution in [3.05, 3.63) is 75.8 Å². The van der Waals surface area contributed by atoms with Crippen molar-refractivity contribution < 1.29 is 29.0 Å². The maximum absolute atomic E-state index is 13.0. The number of hydrogen-bond acceptors (Lipinski definition) is 11. The van der Waals surface area contributed by atoms with Crippen LogP contribution in [0, 0.1) is 10.4 Å². The first-order chi connectivity index (χ1) is 14.7. The molecule has 1 heterocycles. The molecule has 0 aromatic heterocycles. The molecule has 0 bridgehead atoms. The van der Waals surface area contributed by atoms with Crippen molar-refractivity contribution in [2.75, 3.05) is 30.4 Å². The number of hydrogen-bond donors (Lipinski definition) is 2. The summed E-state index contributed by atoms with van der Waals surface area (Å²) < 4.78 is 17.9. The minimum Gasteiger partial charge on any atom is -0.769 e. The van der Waals surface area contributed by atoms with E-state index in [1.807, 2.05) is 6.07 Å². The lowest BCUT2D eigenvalue weighted by Gasteiger charge is -2.37. The molecule has 1 aliphatic rings. The number of hydroxylamine groups is 2. The van der Waals surface area contributed by atoms with Crippen LogP contribution < -0.4 is 10.5 Å². The molecule has 0 saturated heterocycles. The number of anilines is 2. The van der Waals surface area contributed by atoms with Gasteiger partial charge in [0.2, 0.25) is 0 Å². The molecule has 3 rings (SSSR count). The smallest absolute Gasteiger partial charge is 0.339 e. The number of rotatable bonds is 7. The Morgan fingerprint density at radius 2 is 1.90 bits per heavy atom. The largest absolute Gasteiger partial charge is 0.769 e. The molecule has 2 aromatic carbocycles. The zero-order valence-corrected chi connectivity index (χ0v) is 17.3. The molecule has 166 valence electrons. The maximum Gasteiger partial charge on any atom is 0.339 e. The molecule has 0 fully saturated rings.